The quantitative estimate of drug-likeness (QED) is 0.173. The van der Waals surface area contributed by atoms with Crippen molar-refractivity contribution in [1.82, 2.24) is 24.8 Å². The first-order valence-corrected chi connectivity index (χ1v) is 17.1. The minimum atomic E-state index is -0.959. The fourth-order valence-corrected chi connectivity index (χ4v) is 7.64. The summed E-state index contributed by atoms with van der Waals surface area (Å²) in [5.41, 5.74) is 5.47. The SMILES string of the molecule is CC[C@H](C)n1cnc2cc(-c3ccc4c(c3)N(C3CC(N5CC[C@@H](F)C5)C3)C(=O)C4(C)C)nc(Nc3cc(C(O)NC)c(C)cc3F)c21. The number of anilines is 3. The second kappa shape index (κ2) is 12.2. The van der Waals surface area contributed by atoms with Gasteiger partial charge >= 0.3 is 0 Å². The lowest BCUT2D eigenvalue weighted by Gasteiger charge is -2.45. The van der Waals surface area contributed by atoms with Crippen molar-refractivity contribution in [2.24, 2.45) is 0 Å². The maximum atomic E-state index is 15.4. The van der Waals surface area contributed by atoms with Gasteiger partial charge in [0.2, 0.25) is 5.91 Å². The topological polar surface area (TPSA) is 98.6 Å². The van der Waals surface area contributed by atoms with Crippen LogP contribution < -0.4 is 15.5 Å². The number of imidazole rings is 1. The molecule has 1 saturated heterocycles. The average Bonchev–Trinajstić information content (AvgIpc) is 3.72. The number of fused-ring (bicyclic) bond motifs is 2. The lowest BCUT2D eigenvalue weighted by Crippen LogP contribution is -2.55. The Kier molecular flexibility index (Phi) is 8.28. The molecule has 0 bridgehead atoms. The van der Waals surface area contributed by atoms with Gasteiger partial charge in [-0.2, -0.15) is 0 Å². The lowest BCUT2D eigenvalue weighted by molar-refractivity contribution is -0.123. The molecule has 3 atom stereocenters. The third-order valence-electron chi connectivity index (χ3n) is 10.9. The van der Waals surface area contributed by atoms with E-state index in [1.54, 1.807) is 26.4 Å². The molecule has 1 saturated carbocycles. The number of hydrogen-bond acceptors (Lipinski definition) is 7. The number of alkyl halides is 1. The number of rotatable bonds is 9. The van der Waals surface area contributed by atoms with E-state index < -0.39 is 23.6 Å². The van der Waals surface area contributed by atoms with Crippen LogP contribution in [0.25, 0.3) is 22.3 Å². The number of halogens is 2. The molecule has 1 unspecified atom stereocenters. The molecule has 0 spiro atoms. The van der Waals surface area contributed by atoms with E-state index in [4.69, 9.17) is 9.97 Å². The number of carbonyl (C=O) groups excluding carboxylic acids is 1. The molecule has 2 aromatic carbocycles. The molecule has 4 aromatic rings. The van der Waals surface area contributed by atoms with E-state index in [9.17, 15) is 14.3 Å². The summed E-state index contributed by atoms with van der Waals surface area (Å²) in [5, 5.41) is 16.6. The Balaban J connectivity index is 1.28. The summed E-state index contributed by atoms with van der Waals surface area (Å²) in [6, 6.07) is 11.5. The van der Waals surface area contributed by atoms with Gasteiger partial charge in [0.1, 0.15) is 23.7 Å². The van der Waals surface area contributed by atoms with E-state index in [1.165, 1.54) is 6.07 Å². The molecule has 11 heteroatoms. The number of aryl methyl sites for hydroxylation is 1. The minimum Gasteiger partial charge on any atom is -0.374 e. The van der Waals surface area contributed by atoms with Crippen LogP contribution in [0.5, 0.6) is 0 Å². The number of aliphatic hydroxyl groups excluding tert-OH is 1. The van der Waals surface area contributed by atoms with Crippen molar-refractivity contribution in [2.75, 3.05) is 30.4 Å². The molecule has 48 heavy (non-hydrogen) atoms. The third-order valence-corrected chi connectivity index (χ3v) is 10.9. The maximum absolute atomic E-state index is 15.4. The molecule has 0 radical (unpaired) electrons. The Bertz CT molecular complexity index is 1890. The normalized spacial score (nSPS) is 23.4. The van der Waals surface area contributed by atoms with Gasteiger partial charge in [-0.3, -0.25) is 15.0 Å². The van der Waals surface area contributed by atoms with Crippen molar-refractivity contribution < 1.29 is 18.7 Å². The number of benzene rings is 2. The van der Waals surface area contributed by atoms with Gasteiger partial charge in [-0.05, 0) is 95.8 Å². The van der Waals surface area contributed by atoms with Crippen LogP contribution >= 0.6 is 0 Å². The molecule has 2 aliphatic heterocycles. The highest BCUT2D eigenvalue weighted by molar-refractivity contribution is 6.08. The summed E-state index contributed by atoms with van der Waals surface area (Å²) in [7, 11) is 1.64. The largest absolute Gasteiger partial charge is 0.374 e. The highest BCUT2D eigenvalue weighted by Crippen LogP contribution is 2.48. The van der Waals surface area contributed by atoms with Crippen molar-refractivity contribution in [2.45, 2.75) is 96.2 Å². The third kappa shape index (κ3) is 5.36. The predicted octanol–water partition coefficient (Wildman–Crippen LogP) is 6.67. The Morgan fingerprint density at radius 2 is 1.92 bits per heavy atom. The fourth-order valence-electron chi connectivity index (χ4n) is 7.64. The van der Waals surface area contributed by atoms with Gasteiger partial charge in [0.15, 0.2) is 5.82 Å². The molecule has 9 nitrogen and oxygen atoms in total. The second-order valence-electron chi connectivity index (χ2n) is 14.3. The Morgan fingerprint density at radius 3 is 2.60 bits per heavy atom. The first-order valence-electron chi connectivity index (χ1n) is 17.1. The number of pyridine rings is 1. The van der Waals surface area contributed by atoms with Gasteiger partial charge in [-0.1, -0.05) is 19.1 Å². The van der Waals surface area contributed by atoms with E-state index in [1.807, 2.05) is 47.6 Å². The highest BCUT2D eigenvalue weighted by Gasteiger charge is 2.50. The molecule has 7 rings (SSSR count). The summed E-state index contributed by atoms with van der Waals surface area (Å²) < 4.78 is 31.4. The van der Waals surface area contributed by atoms with Crippen LogP contribution in [0.4, 0.5) is 26.0 Å². The molecule has 2 aromatic heterocycles. The smallest absolute Gasteiger partial charge is 0.237 e. The van der Waals surface area contributed by atoms with E-state index in [-0.39, 0.29) is 23.7 Å². The first-order chi connectivity index (χ1) is 22.9. The van der Waals surface area contributed by atoms with Crippen LogP contribution in [0.15, 0.2) is 42.7 Å². The number of hydrogen-bond donors (Lipinski definition) is 3. The summed E-state index contributed by atoms with van der Waals surface area (Å²) in [5.74, 6) is 0.0638. The zero-order valence-corrected chi connectivity index (χ0v) is 28.5. The van der Waals surface area contributed by atoms with Gasteiger partial charge in [0, 0.05) is 48.0 Å². The van der Waals surface area contributed by atoms with Gasteiger partial charge < -0.3 is 19.9 Å². The molecule has 4 heterocycles. The fraction of sp³-hybridized carbons (Fsp3) is 0.486. The van der Waals surface area contributed by atoms with Crippen molar-refractivity contribution in [1.29, 1.82) is 0 Å². The van der Waals surface area contributed by atoms with Gasteiger partial charge in [-0.25, -0.2) is 18.7 Å². The van der Waals surface area contributed by atoms with E-state index in [0.717, 1.165) is 48.1 Å². The van der Waals surface area contributed by atoms with Crippen molar-refractivity contribution in [3.63, 3.8) is 0 Å². The zero-order chi connectivity index (χ0) is 34.1. The Hall–Kier alpha value is -3.93. The van der Waals surface area contributed by atoms with Crippen molar-refractivity contribution in [3.8, 4) is 11.3 Å². The molecular weight excluding hydrogens is 612 g/mol. The first kappa shape index (κ1) is 32.6. The molecule has 3 aliphatic rings. The zero-order valence-electron chi connectivity index (χ0n) is 28.5. The van der Waals surface area contributed by atoms with Crippen LogP contribution in [0.2, 0.25) is 0 Å². The molecule has 1 amide bonds. The number of likely N-dealkylation sites (tertiary alicyclic amines) is 1. The van der Waals surface area contributed by atoms with Crippen LogP contribution in [0, 0.1) is 12.7 Å². The van der Waals surface area contributed by atoms with E-state index in [0.29, 0.717) is 47.2 Å². The number of aliphatic hydroxyl groups is 1. The van der Waals surface area contributed by atoms with Crippen molar-refractivity contribution in [3.05, 3.63) is 65.2 Å². The molecular formula is C37H45F2N7O2. The van der Waals surface area contributed by atoms with Crippen LogP contribution in [0.1, 0.15) is 82.3 Å². The monoisotopic (exact) mass is 657 g/mol. The predicted molar refractivity (Wildman–Crippen MR) is 185 cm³/mol. The van der Waals surface area contributed by atoms with E-state index in [2.05, 4.69) is 29.4 Å². The Labute approximate surface area is 280 Å². The minimum absolute atomic E-state index is 0.0579. The number of carbonyl (C=O) groups is 1. The van der Waals surface area contributed by atoms with E-state index >= 15 is 4.39 Å². The number of nitrogens with one attached hydrogen (secondary N) is 2. The number of aromatic nitrogens is 3. The molecule has 2 fully saturated rings. The summed E-state index contributed by atoms with van der Waals surface area (Å²) >= 11 is 0. The van der Waals surface area contributed by atoms with Gasteiger partial charge in [0.25, 0.3) is 0 Å². The Morgan fingerprint density at radius 1 is 1.15 bits per heavy atom. The van der Waals surface area contributed by atoms with Crippen LogP contribution in [0.3, 0.4) is 0 Å². The summed E-state index contributed by atoms with van der Waals surface area (Å²) in [6.45, 7) is 11.2. The standard InChI is InChI=1S/C37H45F2N7O2/c1-7-21(3)45-19-41-31-17-29(42-34(33(31)45)43-30-16-26(35(47)40-6)20(2)12-28(30)39)22-8-9-27-32(13-22)46(36(48)37(27,4)5)25-14-24(15-25)44-11-10-23(38)18-44/h8-9,12-13,16-17,19,21,23-25,35,40,47H,7,10-11,14-15,18H2,1-6H3,(H,42,43)/t21-,23+,24?,25?,35?/m0/s1. The lowest BCUT2D eigenvalue weighted by atomic mass is 9.83. The second-order valence-corrected chi connectivity index (χ2v) is 14.3. The average molecular weight is 658 g/mol. The summed E-state index contributed by atoms with van der Waals surface area (Å²) in [6.07, 6.45) is 3.18. The van der Waals surface area contributed by atoms with Crippen LogP contribution in [-0.4, -0.2) is 68.8 Å². The summed E-state index contributed by atoms with van der Waals surface area (Å²) in [4.78, 5) is 27.9. The number of amides is 1. The van der Waals surface area contributed by atoms with Gasteiger partial charge in [0.05, 0.1) is 28.6 Å². The van der Waals surface area contributed by atoms with Gasteiger partial charge in [-0.15, -0.1) is 0 Å². The molecule has 254 valence electrons. The number of nitrogens with zero attached hydrogens (tertiary/aromatic N) is 5. The molecule has 1 aliphatic carbocycles. The molecule has 3 N–H and O–H groups in total. The van der Waals surface area contributed by atoms with Crippen molar-refractivity contribution >= 4 is 34.1 Å². The highest BCUT2D eigenvalue weighted by atomic mass is 19.1. The maximum Gasteiger partial charge on any atom is 0.237 e. The van der Waals surface area contributed by atoms with Crippen LogP contribution in [-0.2, 0) is 10.2 Å².